The molecule has 22 heavy (non-hydrogen) atoms. The standard InChI is InChI=1S/C15H26O6S/c1-4-19-13(16)10-8-7-9-12(15(18)21-6-3)22-11-14(17)20-5-2/h12H,4-11H2,1-3H3. The average molecular weight is 334 g/mol. The summed E-state index contributed by atoms with van der Waals surface area (Å²) in [5.74, 6) is -0.773. The summed E-state index contributed by atoms with van der Waals surface area (Å²) in [6.45, 7) is 6.24. The number of carbonyl (C=O) groups excluding carboxylic acids is 3. The van der Waals surface area contributed by atoms with E-state index in [2.05, 4.69) is 0 Å². The van der Waals surface area contributed by atoms with E-state index in [-0.39, 0.29) is 23.7 Å². The van der Waals surface area contributed by atoms with Crippen molar-refractivity contribution in [3.05, 3.63) is 0 Å². The average Bonchev–Trinajstić information content (AvgIpc) is 2.47. The zero-order valence-corrected chi connectivity index (χ0v) is 14.4. The smallest absolute Gasteiger partial charge is 0.319 e. The third kappa shape index (κ3) is 10.5. The van der Waals surface area contributed by atoms with Gasteiger partial charge in [-0.3, -0.25) is 14.4 Å². The molecule has 0 rings (SSSR count). The first-order valence-corrected chi connectivity index (χ1v) is 8.69. The van der Waals surface area contributed by atoms with Gasteiger partial charge >= 0.3 is 17.9 Å². The van der Waals surface area contributed by atoms with E-state index in [4.69, 9.17) is 14.2 Å². The minimum Gasteiger partial charge on any atom is -0.466 e. The number of rotatable bonds is 12. The molecule has 1 atom stereocenters. The van der Waals surface area contributed by atoms with E-state index in [1.165, 1.54) is 11.8 Å². The molecule has 128 valence electrons. The van der Waals surface area contributed by atoms with Gasteiger partial charge in [-0.15, -0.1) is 11.8 Å². The van der Waals surface area contributed by atoms with Crippen LogP contribution in [-0.2, 0) is 28.6 Å². The van der Waals surface area contributed by atoms with Crippen LogP contribution in [0.15, 0.2) is 0 Å². The van der Waals surface area contributed by atoms with Crippen molar-refractivity contribution in [2.45, 2.75) is 51.7 Å². The van der Waals surface area contributed by atoms with E-state index < -0.39 is 5.25 Å². The minimum absolute atomic E-state index is 0.120. The van der Waals surface area contributed by atoms with Gasteiger partial charge in [0.15, 0.2) is 0 Å². The second kappa shape index (κ2) is 13.4. The number of esters is 3. The van der Waals surface area contributed by atoms with E-state index >= 15 is 0 Å². The van der Waals surface area contributed by atoms with Crippen LogP contribution in [0.1, 0.15) is 46.5 Å². The largest absolute Gasteiger partial charge is 0.466 e. The molecule has 0 fully saturated rings. The van der Waals surface area contributed by atoms with E-state index in [0.717, 1.165) is 0 Å². The van der Waals surface area contributed by atoms with Gasteiger partial charge in [-0.25, -0.2) is 0 Å². The molecule has 0 aromatic carbocycles. The number of carbonyl (C=O) groups is 3. The van der Waals surface area contributed by atoms with Crippen molar-refractivity contribution in [2.24, 2.45) is 0 Å². The molecule has 0 aromatic rings. The van der Waals surface area contributed by atoms with Crippen LogP contribution in [0.2, 0.25) is 0 Å². The molecule has 6 nitrogen and oxygen atoms in total. The Kier molecular flexibility index (Phi) is 12.7. The molecular weight excluding hydrogens is 308 g/mol. The highest BCUT2D eigenvalue weighted by Gasteiger charge is 2.21. The van der Waals surface area contributed by atoms with E-state index in [0.29, 0.717) is 45.5 Å². The Hall–Kier alpha value is -1.24. The number of hydrogen-bond acceptors (Lipinski definition) is 7. The van der Waals surface area contributed by atoms with Crippen molar-refractivity contribution in [3.8, 4) is 0 Å². The SMILES string of the molecule is CCOC(=O)CCCCC(SCC(=O)OCC)C(=O)OCC. The maximum absolute atomic E-state index is 11.9. The molecular formula is C15H26O6S. The molecule has 0 radical (unpaired) electrons. The summed E-state index contributed by atoms with van der Waals surface area (Å²) in [6, 6.07) is 0. The van der Waals surface area contributed by atoms with Crippen LogP contribution < -0.4 is 0 Å². The number of unbranched alkanes of at least 4 members (excludes halogenated alkanes) is 1. The van der Waals surface area contributed by atoms with E-state index in [9.17, 15) is 14.4 Å². The lowest BCUT2D eigenvalue weighted by molar-refractivity contribution is -0.143. The number of ether oxygens (including phenoxy) is 3. The lowest BCUT2D eigenvalue weighted by Crippen LogP contribution is -2.22. The fraction of sp³-hybridized carbons (Fsp3) is 0.800. The molecule has 0 spiro atoms. The molecule has 7 heteroatoms. The minimum atomic E-state index is -0.411. The summed E-state index contributed by atoms with van der Waals surface area (Å²) in [5.41, 5.74) is 0. The van der Waals surface area contributed by atoms with Crippen LogP contribution in [0.5, 0.6) is 0 Å². The third-order valence-electron chi connectivity index (χ3n) is 2.66. The number of hydrogen-bond donors (Lipinski definition) is 0. The summed E-state index contributed by atoms with van der Waals surface area (Å²) in [5, 5.41) is -0.411. The molecule has 0 saturated heterocycles. The van der Waals surface area contributed by atoms with Crippen LogP contribution >= 0.6 is 11.8 Å². The van der Waals surface area contributed by atoms with Crippen molar-refractivity contribution < 1.29 is 28.6 Å². The van der Waals surface area contributed by atoms with Crippen LogP contribution in [-0.4, -0.2) is 48.7 Å². The Bertz CT molecular complexity index is 345. The Morgan fingerprint density at radius 1 is 0.864 bits per heavy atom. The first kappa shape index (κ1) is 20.8. The zero-order valence-electron chi connectivity index (χ0n) is 13.6. The lowest BCUT2D eigenvalue weighted by atomic mass is 10.1. The van der Waals surface area contributed by atoms with Gasteiger partial charge in [0.1, 0.15) is 5.25 Å². The van der Waals surface area contributed by atoms with Crippen molar-refractivity contribution in [3.63, 3.8) is 0 Å². The third-order valence-corrected chi connectivity index (χ3v) is 3.89. The number of thioether (sulfide) groups is 1. The molecule has 0 saturated carbocycles. The first-order chi connectivity index (χ1) is 10.5. The van der Waals surface area contributed by atoms with Crippen molar-refractivity contribution in [1.82, 2.24) is 0 Å². The molecule has 0 aromatic heterocycles. The van der Waals surface area contributed by atoms with E-state index in [1.807, 2.05) is 0 Å². The Balaban J connectivity index is 4.15. The second-order valence-electron chi connectivity index (χ2n) is 4.41. The highest BCUT2D eigenvalue weighted by Crippen LogP contribution is 2.20. The van der Waals surface area contributed by atoms with Crippen molar-refractivity contribution in [1.29, 1.82) is 0 Å². The van der Waals surface area contributed by atoms with Gasteiger partial charge in [0.05, 0.1) is 25.6 Å². The van der Waals surface area contributed by atoms with Gasteiger partial charge in [0.25, 0.3) is 0 Å². The van der Waals surface area contributed by atoms with Gasteiger partial charge in [0.2, 0.25) is 0 Å². The highest BCUT2D eigenvalue weighted by molar-refractivity contribution is 8.01. The van der Waals surface area contributed by atoms with E-state index in [1.54, 1.807) is 20.8 Å². The molecule has 0 aliphatic rings. The lowest BCUT2D eigenvalue weighted by Gasteiger charge is -2.14. The van der Waals surface area contributed by atoms with Gasteiger partial charge in [-0.2, -0.15) is 0 Å². The topological polar surface area (TPSA) is 78.9 Å². The molecule has 1 unspecified atom stereocenters. The Morgan fingerprint density at radius 2 is 1.45 bits per heavy atom. The fourth-order valence-electron chi connectivity index (χ4n) is 1.71. The summed E-state index contributed by atoms with van der Waals surface area (Å²) >= 11 is 1.22. The monoisotopic (exact) mass is 334 g/mol. The van der Waals surface area contributed by atoms with Gasteiger partial charge in [0, 0.05) is 6.42 Å². The van der Waals surface area contributed by atoms with Gasteiger partial charge in [-0.1, -0.05) is 6.42 Å². The fourth-order valence-corrected chi connectivity index (χ4v) is 2.67. The Labute approximate surface area is 136 Å². The molecule has 0 amide bonds. The summed E-state index contributed by atoms with van der Waals surface area (Å²) in [7, 11) is 0. The maximum Gasteiger partial charge on any atom is 0.319 e. The van der Waals surface area contributed by atoms with Crippen LogP contribution in [0.4, 0.5) is 0 Å². The summed E-state index contributed by atoms with van der Waals surface area (Å²) in [6.07, 6.45) is 2.24. The molecule has 0 bridgehead atoms. The second-order valence-corrected chi connectivity index (χ2v) is 5.60. The van der Waals surface area contributed by atoms with Crippen LogP contribution in [0.3, 0.4) is 0 Å². The van der Waals surface area contributed by atoms with Gasteiger partial charge in [-0.05, 0) is 33.6 Å². The molecule has 0 aliphatic heterocycles. The predicted molar refractivity (Wildman–Crippen MR) is 84.6 cm³/mol. The molecule has 0 heterocycles. The summed E-state index contributed by atoms with van der Waals surface area (Å²) < 4.78 is 14.7. The van der Waals surface area contributed by atoms with Crippen LogP contribution in [0, 0.1) is 0 Å². The van der Waals surface area contributed by atoms with Crippen LogP contribution in [0.25, 0.3) is 0 Å². The molecule has 0 aliphatic carbocycles. The quantitative estimate of drug-likeness (QED) is 0.308. The Morgan fingerprint density at radius 3 is 2.05 bits per heavy atom. The maximum atomic E-state index is 11.9. The first-order valence-electron chi connectivity index (χ1n) is 7.64. The van der Waals surface area contributed by atoms with Gasteiger partial charge < -0.3 is 14.2 Å². The normalized spacial score (nSPS) is 11.6. The zero-order chi connectivity index (χ0) is 16.8. The predicted octanol–water partition coefficient (Wildman–Crippen LogP) is 2.34. The van der Waals surface area contributed by atoms with Crippen molar-refractivity contribution in [2.75, 3.05) is 25.6 Å². The highest BCUT2D eigenvalue weighted by atomic mass is 32.2. The molecule has 0 N–H and O–H groups in total. The summed E-state index contributed by atoms with van der Waals surface area (Å²) in [4.78, 5) is 34.5. The van der Waals surface area contributed by atoms with Crippen molar-refractivity contribution >= 4 is 29.7 Å².